The molecule has 5 heterocycles. The molecular weight excluding hydrogens is 1810 g/mol. The maximum atomic E-state index is 13.4. The van der Waals surface area contributed by atoms with Crippen LogP contribution >= 0.6 is 58.5 Å². The quantitative estimate of drug-likeness (QED) is 0.0292. The summed E-state index contributed by atoms with van der Waals surface area (Å²) in [4.78, 5) is 60.3. The number of fused-ring (bicyclic) bond motifs is 6. The molecular formula is C95H132Br3ClK2N8O11S. The Morgan fingerprint density at radius 2 is 0.826 bits per heavy atom. The smallest absolute Gasteiger partial charge is 1.00 e. The van der Waals surface area contributed by atoms with Gasteiger partial charge in [0.25, 0.3) is 15.5 Å². The van der Waals surface area contributed by atoms with Crippen LogP contribution in [0.3, 0.4) is 0 Å². The minimum atomic E-state index is -3.55. The number of urea groups is 3. The number of likely N-dealkylation sites (tertiary alicyclic amines) is 3. The van der Waals surface area contributed by atoms with Crippen molar-refractivity contribution in [3.63, 3.8) is 0 Å². The molecule has 19 nitrogen and oxygen atoms in total. The van der Waals surface area contributed by atoms with Gasteiger partial charge in [0.05, 0.1) is 31.3 Å². The number of carbonyl (C=O) groups excluding carboxylic acids is 4. The minimum Gasteiger partial charge on any atom is -1.00 e. The van der Waals surface area contributed by atoms with Crippen molar-refractivity contribution >= 4 is 92.1 Å². The molecule has 12 saturated carbocycles. The molecule has 121 heavy (non-hydrogen) atoms. The monoisotopic (exact) mass is 1940 g/mol. The van der Waals surface area contributed by atoms with Gasteiger partial charge in [0.2, 0.25) is 0 Å². The van der Waals surface area contributed by atoms with Crippen LogP contribution in [0.2, 0.25) is 0 Å². The van der Waals surface area contributed by atoms with Gasteiger partial charge in [-0.15, -0.1) is 0 Å². The molecule has 4 aromatic carbocycles. The SMILES string of the molecule is C1COCCN1.CCCC1CC2(CCN(C(=O)NC3C4CC5CC(C4)CC3C5)CC2)c2c(Br)cccc21.Cc1ccc(S(=O)(=O)Cl)cc1.O=C(NC1C2CC3CC(C2)CC1C3)N1CCC2(CC1)CC(CCN1CCOCC1)c1cccc(Br)c12.O=C(NC1C2CC3CC(C2)CC1C3)N1CCC2(CC1)CC(CCO)c1cccc(Br)c12.O=CO[O-].[H-].[K+].[K+]. The van der Waals surface area contributed by atoms with Crippen molar-refractivity contribution in [1.82, 2.24) is 40.9 Å². The zero-order valence-corrected chi connectivity index (χ0v) is 84.9. The van der Waals surface area contributed by atoms with Gasteiger partial charge < -0.3 is 62.1 Å². The molecule has 6 amide bonds. The Kier molecular flexibility index (Phi) is 34.1. The van der Waals surface area contributed by atoms with Crippen molar-refractivity contribution in [2.45, 2.75) is 251 Å². The number of morpholine rings is 2. The molecule has 5 saturated heterocycles. The van der Waals surface area contributed by atoms with Crippen LogP contribution in [0.5, 0.6) is 0 Å². The van der Waals surface area contributed by atoms with Gasteiger partial charge in [0.15, 0.2) is 0 Å². The molecule has 12 bridgehead atoms. The first-order chi connectivity index (χ1) is 57.6. The van der Waals surface area contributed by atoms with E-state index in [2.05, 4.69) is 155 Å². The Morgan fingerprint density at radius 3 is 1.11 bits per heavy atom. The van der Waals surface area contributed by atoms with Gasteiger partial charge >= 0.3 is 121 Å². The summed E-state index contributed by atoms with van der Waals surface area (Å²) >= 11 is 11.7. The zero-order chi connectivity index (χ0) is 82.7. The van der Waals surface area contributed by atoms with Gasteiger partial charge in [0.1, 0.15) is 0 Å². The van der Waals surface area contributed by atoms with E-state index in [1.807, 2.05) is 6.92 Å². The van der Waals surface area contributed by atoms with Crippen molar-refractivity contribution in [2.75, 3.05) is 105 Å². The van der Waals surface area contributed by atoms with Crippen LogP contribution in [0.15, 0.2) is 97.2 Å². The molecule has 20 aliphatic rings. The second-order valence-corrected chi connectivity index (χ2v) is 44.8. The van der Waals surface area contributed by atoms with Crippen molar-refractivity contribution in [1.29, 1.82) is 0 Å². The van der Waals surface area contributed by atoms with Gasteiger partial charge in [-0.3, -0.25) is 9.69 Å². The number of halogens is 4. The van der Waals surface area contributed by atoms with E-state index in [0.29, 0.717) is 35.9 Å². The summed E-state index contributed by atoms with van der Waals surface area (Å²) in [5, 5.41) is 31.8. The Labute approximate surface area is 837 Å². The Balaban J connectivity index is 0.000000139. The number of rotatable bonds is 12. The summed E-state index contributed by atoms with van der Waals surface area (Å²) in [5.74, 6) is 11.9. The molecule has 5 aliphatic heterocycles. The van der Waals surface area contributed by atoms with Crippen LogP contribution in [-0.4, -0.2) is 181 Å². The van der Waals surface area contributed by atoms with Crippen molar-refractivity contribution in [3.05, 3.63) is 131 Å². The van der Waals surface area contributed by atoms with E-state index >= 15 is 0 Å². The number of amides is 6. The van der Waals surface area contributed by atoms with E-state index in [-0.39, 0.29) is 157 Å². The summed E-state index contributed by atoms with van der Waals surface area (Å²) < 4.78 is 35.8. The third-order valence-electron chi connectivity index (χ3n) is 32.7. The molecule has 24 rings (SSSR count). The first kappa shape index (κ1) is 95.9. The molecule has 3 spiro atoms. The van der Waals surface area contributed by atoms with Gasteiger partial charge in [-0.25, -0.2) is 22.8 Å². The number of carbonyl (C=O) groups is 4. The number of nitrogens with zero attached hydrogens (tertiary/aromatic N) is 4. The van der Waals surface area contributed by atoms with E-state index in [4.69, 9.17) is 30.2 Å². The molecule has 15 aliphatic carbocycles. The summed E-state index contributed by atoms with van der Waals surface area (Å²) in [7, 11) is 1.54. The van der Waals surface area contributed by atoms with Gasteiger partial charge in [0, 0.05) is 131 Å². The largest absolute Gasteiger partial charge is 1.00 e. The summed E-state index contributed by atoms with van der Waals surface area (Å²) in [6, 6.07) is 28.5. The van der Waals surface area contributed by atoms with E-state index in [1.54, 1.807) is 34.4 Å². The Bertz CT molecular complexity index is 4050. The zero-order valence-electron chi connectivity index (χ0n) is 73.3. The van der Waals surface area contributed by atoms with Crippen LogP contribution in [0, 0.1) is 77.9 Å². The van der Waals surface area contributed by atoms with Crippen molar-refractivity contribution in [3.8, 4) is 0 Å². The average molecular weight is 1950 g/mol. The fraction of sp³-hybridized carbons (Fsp3) is 0.705. The molecule has 5 N–H and O–H groups in total. The molecule has 17 fully saturated rings. The van der Waals surface area contributed by atoms with E-state index in [1.165, 1.54) is 165 Å². The van der Waals surface area contributed by atoms with Gasteiger partial charge in [-0.1, -0.05) is 115 Å². The third kappa shape index (κ3) is 22.0. The Hall–Kier alpha value is -1.13. The van der Waals surface area contributed by atoms with E-state index in [0.717, 1.165) is 226 Å². The summed E-state index contributed by atoms with van der Waals surface area (Å²) in [6.07, 6.45) is 35.3. The second-order valence-electron chi connectivity index (χ2n) is 39.7. The summed E-state index contributed by atoms with van der Waals surface area (Å²) in [6.45, 7) is 18.4. The third-order valence-corrected chi connectivity index (χ3v) is 36.1. The predicted octanol–water partition coefficient (Wildman–Crippen LogP) is 11.4. The topological polar surface area (TPSA) is 234 Å². The molecule has 0 aromatic heterocycles. The van der Waals surface area contributed by atoms with Gasteiger partial charge in [-0.2, -0.15) is 0 Å². The number of aliphatic hydroxyl groups is 1. The van der Waals surface area contributed by atoms with Crippen LogP contribution in [0.4, 0.5) is 14.4 Å². The Morgan fingerprint density at radius 1 is 0.512 bits per heavy atom. The van der Waals surface area contributed by atoms with Gasteiger partial charge in [-0.05, 0) is 339 Å². The summed E-state index contributed by atoms with van der Waals surface area (Å²) in [5.41, 5.74) is 10.7. The van der Waals surface area contributed by atoms with Crippen LogP contribution < -0.4 is 129 Å². The van der Waals surface area contributed by atoms with E-state index < -0.39 is 9.05 Å². The first-order valence-electron chi connectivity index (χ1n) is 46.1. The van der Waals surface area contributed by atoms with Crippen molar-refractivity contribution in [2.24, 2.45) is 71.0 Å². The number of piperidine rings is 3. The molecule has 3 atom stereocenters. The number of hydrogen-bond donors (Lipinski definition) is 5. The van der Waals surface area contributed by atoms with E-state index in [9.17, 15) is 27.9 Å². The fourth-order valence-electron chi connectivity index (χ4n) is 28.0. The normalized spacial score (nSPS) is 32.5. The number of ether oxygens (including phenoxy) is 2. The second kappa shape index (κ2) is 43.0. The molecule has 4 aromatic rings. The number of aryl methyl sites for hydroxylation is 1. The minimum absolute atomic E-state index is 0. The van der Waals surface area contributed by atoms with Crippen molar-refractivity contribution < 1.29 is 157 Å². The number of nitrogens with one attached hydrogen (secondary N) is 4. The maximum absolute atomic E-state index is 13.4. The maximum Gasteiger partial charge on any atom is 1.00 e. The standard InChI is InChI=1S/C30H42BrN3O2.C27H37BrN2O.C26H35BrN2O2.C7H7ClO2S.C4H9NO.CH2O3.2K.H/c31-26-3-1-2-25-22(4-7-33-10-12-36-13-11-33)19-30(27(25)26)5-8-34(9-6-30)29(35)32-28-23-15-20-14-21(17-23)18-24(28)16-20;1-2-4-19-16-27(24-22(19)5-3-6-23(24)28)7-9-30(10-8-27)26(31)29-25-20-12-17-11-18(14-20)15-21(25)13-17;27-22-3-1-2-21-18(4-9-30)15-26(23(21)22)5-7-29(8-6-26)25(31)28-24-19-11-16-10-17(13-19)14-20(24)12-16;1-6-2-4-7(5-3-6)11(8,9)10;1-3-6-4-2-5-1;2-1-4-3;;;/h1-3,20-24,28H,4-19H2,(H,32,35);3,5-6,17-21,25H,2,4,7-16H2,1H3,(H,29,31);1-3,16-20,24,30H,4-15H2,(H,28,31);2-5H,1H3;5H,1-4H2;1,3H;;;/q;;;;;;2*+1;-1/p-1. The molecule has 26 heteroatoms. The first-order valence-corrected chi connectivity index (χ1v) is 50.8. The molecule has 3 unspecified atom stereocenters. The number of benzene rings is 4. The number of aliphatic hydroxyl groups excluding tert-OH is 1. The fourth-order valence-corrected chi connectivity index (χ4v) is 31.2. The van der Waals surface area contributed by atoms with Crippen LogP contribution in [0.1, 0.15) is 245 Å². The van der Waals surface area contributed by atoms with Crippen LogP contribution in [-0.2, 0) is 44.5 Å². The predicted molar refractivity (Wildman–Crippen MR) is 475 cm³/mol. The number of hydrogen-bond acceptors (Lipinski definition) is 13. The molecule has 0 radical (unpaired) electrons. The average Bonchev–Trinajstić information content (AvgIpc) is 1.56. The molecule has 654 valence electrons. The van der Waals surface area contributed by atoms with Crippen LogP contribution in [0.25, 0.3) is 0 Å².